The zero-order valence-electron chi connectivity index (χ0n) is 10.1. The van der Waals surface area contributed by atoms with Gasteiger partial charge in [-0.2, -0.15) is 0 Å². The summed E-state index contributed by atoms with van der Waals surface area (Å²) in [5.41, 5.74) is 0.585. The molecule has 5 heteroatoms. The molecular weight excluding hydrogens is 243 g/mol. The maximum Gasteiger partial charge on any atom is 0.573 e. The fourth-order valence-electron chi connectivity index (χ4n) is 2.42. The van der Waals surface area contributed by atoms with Crippen LogP contribution >= 0.6 is 0 Å². The van der Waals surface area contributed by atoms with Crippen LogP contribution in [0.2, 0.25) is 0 Å². The van der Waals surface area contributed by atoms with Gasteiger partial charge in [-0.05, 0) is 31.4 Å². The molecule has 0 saturated carbocycles. The van der Waals surface area contributed by atoms with Gasteiger partial charge >= 0.3 is 6.36 Å². The van der Waals surface area contributed by atoms with Gasteiger partial charge in [-0.25, -0.2) is 0 Å². The number of hydrogen-bond acceptors (Lipinski definition) is 2. The Balaban J connectivity index is 2.26. The minimum absolute atomic E-state index is 0.0719. The number of rotatable bonds is 2. The number of benzene rings is 1. The number of nitrogens with one attached hydrogen (secondary N) is 1. The van der Waals surface area contributed by atoms with Gasteiger partial charge in [0.2, 0.25) is 0 Å². The van der Waals surface area contributed by atoms with Crippen molar-refractivity contribution in [2.24, 2.45) is 5.92 Å². The van der Waals surface area contributed by atoms with Crippen molar-refractivity contribution < 1.29 is 17.9 Å². The topological polar surface area (TPSA) is 21.3 Å². The Labute approximate surface area is 104 Å². The van der Waals surface area contributed by atoms with Crippen LogP contribution in [0.3, 0.4) is 0 Å². The third-order valence-electron chi connectivity index (χ3n) is 3.25. The first kappa shape index (κ1) is 13.2. The Morgan fingerprint density at radius 2 is 2.00 bits per heavy atom. The van der Waals surface area contributed by atoms with Gasteiger partial charge in [0.25, 0.3) is 0 Å². The number of hydrogen-bond donors (Lipinski definition) is 1. The molecule has 1 saturated heterocycles. The summed E-state index contributed by atoms with van der Waals surface area (Å²) in [5.74, 6) is 0.202. The number of piperidine rings is 1. The van der Waals surface area contributed by atoms with Gasteiger partial charge < -0.3 is 10.1 Å². The summed E-state index contributed by atoms with van der Waals surface area (Å²) in [6.45, 7) is 2.87. The van der Waals surface area contributed by atoms with E-state index in [0.29, 0.717) is 11.5 Å². The van der Waals surface area contributed by atoms with Crippen LogP contribution < -0.4 is 10.1 Å². The molecule has 2 nitrogen and oxygen atoms in total. The molecule has 0 radical (unpaired) electrons. The van der Waals surface area contributed by atoms with E-state index in [4.69, 9.17) is 0 Å². The molecule has 0 aliphatic carbocycles. The molecule has 2 atom stereocenters. The quantitative estimate of drug-likeness (QED) is 0.875. The smallest absolute Gasteiger partial charge is 0.405 e. The molecule has 1 aliphatic heterocycles. The highest BCUT2D eigenvalue weighted by Gasteiger charge is 2.34. The van der Waals surface area contributed by atoms with Crippen molar-refractivity contribution in [1.82, 2.24) is 5.32 Å². The zero-order chi connectivity index (χ0) is 13.2. The van der Waals surface area contributed by atoms with Gasteiger partial charge in [-0.1, -0.05) is 25.1 Å². The fourth-order valence-corrected chi connectivity index (χ4v) is 2.42. The van der Waals surface area contributed by atoms with E-state index in [0.717, 1.165) is 19.4 Å². The molecule has 1 N–H and O–H groups in total. The van der Waals surface area contributed by atoms with Gasteiger partial charge in [0, 0.05) is 11.6 Å². The van der Waals surface area contributed by atoms with Crippen LogP contribution in [0.4, 0.5) is 13.2 Å². The Bertz CT molecular complexity index is 405. The maximum atomic E-state index is 12.3. The predicted octanol–water partition coefficient (Wildman–Crippen LogP) is 3.65. The van der Waals surface area contributed by atoms with Crippen LogP contribution in [0.15, 0.2) is 24.3 Å². The van der Waals surface area contributed by atoms with Crippen LogP contribution in [-0.4, -0.2) is 12.9 Å². The second-order valence-electron chi connectivity index (χ2n) is 4.64. The summed E-state index contributed by atoms with van der Waals surface area (Å²) in [5, 5.41) is 3.26. The van der Waals surface area contributed by atoms with Crippen LogP contribution in [0.1, 0.15) is 31.4 Å². The molecule has 0 aromatic heterocycles. The summed E-state index contributed by atoms with van der Waals surface area (Å²) < 4.78 is 41.1. The summed E-state index contributed by atoms with van der Waals surface area (Å²) in [6.07, 6.45) is -2.58. The molecule has 0 spiro atoms. The molecule has 1 fully saturated rings. The number of para-hydroxylation sites is 1. The van der Waals surface area contributed by atoms with Crippen molar-refractivity contribution in [2.75, 3.05) is 6.54 Å². The highest BCUT2D eigenvalue weighted by atomic mass is 19.4. The van der Waals surface area contributed by atoms with Crippen molar-refractivity contribution >= 4 is 0 Å². The highest BCUT2D eigenvalue weighted by molar-refractivity contribution is 5.36. The van der Waals surface area contributed by atoms with Crippen LogP contribution in [0.25, 0.3) is 0 Å². The minimum atomic E-state index is -4.64. The third kappa shape index (κ3) is 3.16. The van der Waals surface area contributed by atoms with Crippen LogP contribution in [0, 0.1) is 5.92 Å². The van der Waals surface area contributed by atoms with E-state index in [1.807, 2.05) is 6.92 Å². The lowest BCUT2D eigenvalue weighted by molar-refractivity contribution is -0.275. The molecule has 2 rings (SSSR count). The van der Waals surface area contributed by atoms with E-state index >= 15 is 0 Å². The molecule has 2 unspecified atom stereocenters. The van der Waals surface area contributed by atoms with Crippen molar-refractivity contribution in [3.8, 4) is 5.75 Å². The summed E-state index contributed by atoms with van der Waals surface area (Å²) >= 11 is 0. The first-order valence-electron chi connectivity index (χ1n) is 6.05. The van der Waals surface area contributed by atoms with Crippen LogP contribution in [-0.2, 0) is 0 Å². The highest BCUT2D eigenvalue weighted by Crippen LogP contribution is 2.36. The van der Waals surface area contributed by atoms with E-state index in [-0.39, 0.29) is 11.8 Å². The van der Waals surface area contributed by atoms with E-state index in [2.05, 4.69) is 10.1 Å². The summed E-state index contributed by atoms with van der Waals surface area (Å²) in [4.78, 5) is 0. The molecule has 1 aromatic rings. The van der Waals surface area contributed by atoms with Crippen molar-refractivity contribution in [1.29, 1.82) is 0 Å². The molecular formula is C13H16F3NO. The number of ether oxygens (including phenoxy) is 1. The third-order valence-corrected chi connectivity index (χ3v) is 3.25. The van der Waals surface area contributed by atoms with Gasteiger partial charge in [0.1, 0.15) is 5.75 Å². The predicted molar refractivity (Wildman–Crippen MR) is 62.3 cm³/mol. The molecule has 1 aliphatic rings. The average molecular weight is 259 g/mol. The lowest BCUT2D eigenvalue weighted by Crippen LogP contribution is -2.33. The fraction of sp³-hybridized carbons (Fsp3) is 0.538. The zero-order valence-corrected chi connectivity index (χ0v) is 10.1. The van der Waals surface area contributed by atoms with E-state index in [9.17, 15) is 13.2 Å². The molecule has 100 valence electrons. The van der Waals surface area contributed by atoms with Crippen molar-refractivity contribution in [2.45, 2.75) is 32.2 Å². The normalized spacial score (nSPS) is 24.9. The average Bonchev–Trinajstić information content (AvgIpc) is 2.29. The van der Waals surface area contributed by atoms with E-state index < -0.39 is 6.36 Å². The Hall–Kier alpha value is -1.23. The first-order chi connectivity index (χ1) is 8.47. The number of alkyl halides is 3. The number of halogens is 3. The monoisotopic (exact) mass is 259 g/mol. The first-order valence-corrected chi connectivity index (χ1v) is 6.05. The van der Waals surface area contributed by atoms with Gasteiger partial charge in [0.05, 0.1) is 0 Å². The van der Waals surface area contributed by atoms with E-state index in [1.54, 1.807) is 18.2 Å². The maximum absolute atomic E-state index is 12.3. The molecule has 1 aromatic carbocycles. The minimum Gasteiger partial charge on any atom is -0.405 e. The van der Waals surface area contributed by atoms with E-state index in [1.165, 1.54) is 6.07 Å². The molecule has 0 amide bonds. The molecule has 0 bridgehead atoms. The lowest BCUT2D eigenvalue weighted by atomic mass is 9.87. The second kappa shape index (κ2) is 5.18. The van der Waals surface area contributed by atoms with Gasteiger partial charge in [-0.3, -0.25) is 0 Å². The second-order valence-corrected chi connectivity index (χ2v) is 4.64. The van der Waals surface area contributed by atoms with Gasteiger partial charge in [0.15, 0.2) is 0 Å². The lowest BCUT2D eigenvalue weighted by Gasteiger charge is -2.31. The Morgan fingerprint density at radius 1 is 1.28 bits per heavy atom. The summed E-state index contributed by atoms with van der Waals surface area (Å²) in [6, 6.07) is 6.28. The van der Waals surface area contributed by atoms with Crippen molar-refractivity contribution in [3.05, 3.63) is 29.8 Å². The van der Waals surface area contributed by atoms with Gasteiger partial charge in [-0.15, -0.1) is 13.2 Å². The van der Waals surface area contributed by atoms with Crippen molar-refractivity contribution in [3.63, 3.8) is 0 Å². The molecule has 1 heterocycles. The Morgan fingerprint density at radius 3 is 2.67 bits per heavy atom. The Kier molecular flexibility index (Phi) is 3.80. The SMILES string of the molecule is CC1CCCNC1c1ccccc1OC(F)(F)F. The van der Waals surface area contributed by atoms with Crippen LogP contribution in [0.5, 0.6) is 5.75 Å². The standard InChI is InChI=1S/C13H16F3NO/c1-9-5-4-8-17-12(9)10-6-2-3-7-11(10)18-13(14,15)16/h2-3,6-7,9,12,17H,4-5,8H2,1H3. The largest absolute Gasteiger partial charge is 0.573 e. The molecule has 18 heavy (non-hydrogen) atoms. The summed E-state index contributed by atoms with van der Waals surface area (Å²) in [7, 11) is 0.